The SMILES string of the molecule is Cc1cc(C)c(C(=O)COC(=O)c2cc(Cl)ccc2F)cc1C. The van der Waals surface area contributed by atoms with E-state index in [1.807, 2.05) is 26.8 Å². The Morgan fingerprint density at radius 2 is 1.65 bits per heavy atom. The molecule has 2 rings (SSSR count). The van der Waals surface area contributed by atoms with Crippen LogP contribution in [0.1, 0.15) is 37.4 Å². The maximum Gasteiger partial charge on any atom is 0.341 e. The fourth-order valence-electron chi connectivity index (χ4n) is 2.20. The third-order valence-corrected chi connectivity index (χ3v) is 3.86. The first-order chi connectivity index (χ1) is 10.8. The molecule has 0 unspecified atom stereocenters. The van der Waals surface area contributed by atoms with E-state index in [1.165, 1.54) is 12.1 Å². The summed E-state index contributed by atoms with van der Waals surface area (Å²) in [6.45, 7) is 5.23. The molecule has 5 heteroatoms. The number of hydrogen-bond acceptors (Lipinski definition) is 3. The standard InChI is InChI=1S/C18H16ClFO3/c1-10-6-12(3)14(7-11(10)2)17(21)9-23-18(22)15-8-13(19)4-5-16(15)20/h4-8H,9H2,1-3H3. The van der Waals surface area contributed by atoms with E-state index in [4.69, 9.17) is 16.3 Å². The zero-order valence-corrected chi connectivity index (χ0v) is 13.8. The van der Waals surface area contributed by atoms with Gasteiger partial charge in [-0.1, -0.05) is 17.7 Å². The number of ether oxygens (including phenoxy) is 1. The molecule has 0 saturated heterocycles. The lowest BCUT2D eigenvalue weighted by Crippen LogP contribution is -2.16. The molecule has 0 aliphatic carbocycles. The second-order valence-corrected chi connectivity index (χ2v) is 5.81. The van der Waals surface area contributed by atoms with E-state index in [1.54, 1.807) is 6.07 Å². The van der Waals surface area contributed by atoms with Crippen molar-refractivity contribution >= 4 is 23.4 Å². The monoisotopic (exact) mass is 334 g/mol. The molecule has 120 valence electrons. The van der Waals surface area contributed by atoms with Crippen LogP contribution in [0, 0.1) is 26.6 Å². The summed E-state index contributed by atoms with van der Waals surface area (Å²) in [4.78, 5) is 24.1. The van der Waals surface area contributed by atoms with Gasteiger partial charge in [-0.15, -0.1) is 0 Å². The Morgan fingerprint density at radius 3 is 2.35 bits per heavy atom. The fraction of sp³-hybridized carbons (Fsp3) is 0.222. The van der Waals surface area contributed by atoms with Crippen molar-refractivity contribution in [2.75, 3.05) is 6.61 Å². The highest BCUT2D eigenvalue weighted by atomic mass is 35.5. The zero-order valence-electron chi connectivity index (χ0n) is 13.1. The number of rotatable bonds is 4. The maximum atomic E-state index is 13.6. The number of carbonyl (C=O) groups is 2. The van der Waals surface area contributed by atoms with Gasteiger partial charge in [0.2, 0.25) is 5.78 Å². The van der Waals surface area contributed by atoms with Crippen LogP contribution in [0.4, 0.5) is 4.39 Å². The number of halogens is 2. The van der Waals surface area contributed by atoms with Crippen molar-refractivity contribution < 1.29 is 18.7 Å². The molecule has 0 aliphatic rings. The van der Waals surface area contributed by atoms with Crippen LogP contribution in [0.5, 0.6) is 0 Å². The lowest BCUT2D eigenvalue weighted by Gasteiger charge is -2.10. The van der Waals surface area contributed by atoms with Gasteiger partial charge in [-0.3, -0.25) is 4.79 Å². The molecule has 2 aromatic carbocycles. The molecule has 0 saturated carbocycles. The maximum absolute atomic E-state index is 13.6. The van der Waals surface area contributed by atoms with Crippen molar-refractivity contribution in [3.05, 3.63) is 69.0 Å². The van der Waals surface area contributed by atoms with Crippen molar-refractivity contribution in [3.8, 4) is 0 Å². The van der Waals surface area contributed by atoms with Gasteiger partial charge in [0.15, 0.2) is 6.61 Å². The van der Waals surface area contributed by atoms with Gasteiger partial charge in [0.25, 0.3) is 0 Å². The molecule has 0 bridgehead atoms. The minimum absolute atomic E-state index is 0.217. The van der Waals surface area contributed by atoms with Crippen LogP contribution in [0.25, 0.3) is 0 Å². The predicted molar refractivity (Wildman–Crippen MR) is 86.7 cm³/mol. The first-order valence-electron chi connectivity index (χ1n) is 7.03. The van der Waals surface area contributed by atoms with E-state index >= 15 is 0 Å². The largest absolute Gasteiger partial charge is 0.454 e. The highest BCUT2D eigenvalue weighted by molar-refractivity contribution is 6.30. The van der Waals surface area contributed by atoms with Gasteiger partial charge in [0.1, 0.15) is 5.82 Å². The Kier molecular flexibility index (Phi) is 5.16. The zero-order chi connectivity index (χ0) is 17.1. The molecular weight excluding hydrogens is 319 g/mol. The third-order valence-electron chi connectivity index (χ3n) is 3.62. The van der Waals surface area contributed by atoms with E-state index in [0.29, 0.717) is 5.56 Å². The topological polar surface area (TPSA) is 43.4 Å². The molecule has 0 spiro atoms. The molecule has 3 nitrogen and oxygen atoms in total. The molecule has 0 N–H and O–H groups in total. The van der Waals surface area contributed by atoms with Gasteiger partial charge >= 0.3 is 5.97 Å². The second-order valence-electron chi connectivity index (χ2n) is 5.37. The summed E-state index contributed by atoms with van der Waals surface area (Å²) >= 11 is 5.73. The van der Waals surface area contributed by atoms with Crippen LogP contribution < -0.4 is 0 Å². The first kappa shape index (κ1) is 17.2. The lowest BCUT2D eigenvalue weighted by molar-refractivity contribution is 0.0470. The van der Waals surface area contributed by atoms with E-state index in [-0.39, 0.29) is 16.4 Å². The highest BCUT2D eigenvalue weighted by Gasteiger charge is 2.17. The van der Waals surface area contributed by atoms with Crippen LogP contribution in [0.3, 0.4) is 0 Å². The molecule has 2 aromatic rings. The Morgan fingerprint density at radius 1 is 1.00 bits per heavy atom. The summed E-state index contributed by atoms with van der Waals surface area (Å²) < 4.78 is 18.5. The van der Waals surface area contributed by atoms with Gasteiger partial charge in [-0.25, -0.2) is 9.18 Å². The molecule has 0 radical (unpaired) electrons. The van der Waals surface area contributed by atoms with Crippen LogP contribution in [-0.4, -0.2) is 18.4 Å². The number of benzene rings is 2. The summed E-state index contributed by atoms with van der Waals surface area (Å²) in [5, 5.41) is 0.217. The summed E-state index contributed by atoms with van der Waals surface area (Å²) in [7, 11) is 0. The van der Waals surface area contributed by atoms with Crippen LogP contribution in [-0.2, 0) is 4.74 Å². The molecule has 0 heterocycles. The minimum Gasteiger partial charge on any atom is -0.454 e. The van der Waals surface area contributed by atoms with Gasteiger partial charge in [-0.05, 0) is 61.7 Å². The lowest BCUT2D eigenvalue weighted by atomic mass is 9.98. The van der Waals surface area contributed by atoms with Crippen LogP contribution in [0.15, 0.2) is 30.3 Å². The van der Waals surface area contributed by atoms with Gasteiger partial charge < -0.3 is 4.74 Å². The molecule has 0 amide bonds. The van der Waals surface area contributed by atoms with Crippen molar-refractivity contribution in [1.29, 1.82) is 0 Å². The van der Waals surface area contributed by atoms with E-state index in [9.17, 15) is 14.0 Å². The number of ketones is 1. The number of esters is 1. The molecule has 23 heavy (non-hydrogen) atoms. The fourth-order valence-corrected chi connectivity index (χ4v) is 2.37. The van der Waals surface area contributed by atoms with E-state index in [0.717, 1.165) is 22.8 Å². The average molecular weight is 335 g/mol. The van der Waals surface area contributed by atoms with Crippen molar-refractivity contribution in [3.63, 3.8) is 0 Å². The van der Waals surface area contributed by atoms with Gasteiger partial charge in [0, 0.05) is 10.6 Å². The van der Waals surface area contributed by atoms with Crippen molar-refractivity contribution in [2.24, 2.45) is 0 Å². The number of carbonyl (C=O) groups excluding carboxylic acids is 2. The van der Waals surface area contributed by atoms with Crippen LogP contribution in [0.2, 0.25) is 5.02 Å². The Hall–Kier alpha value is -2.20. The van der Waals surface area contributed by atoms with Gasteiger partial charge in [-0.2, -0.15) is 0 Å². The number of Topliss-reactive ketones (excluding diaryl/α,β-unsaturated/α-hetero) is 1. The van der Waals surface area contributed by atoms with E-state index in [2.05, 4.69) is 0 Å². The van der Waals surface area contributed by atoms with Crippen LogP contribution >= 0.6 is 11.6 Å². The normalized spacial score (nSPS) is 10.5. The second kappa shape index (κ2) is 6.92. The number of hydrogen-bond donors (Lipinski definition) is 0. The molecular formula is C18H16ClFO3. The van der Waals surface area contributed by atoms with Crippen molar-refractivity contribution in [2.45, 2.75) is 20.8 Å². The molecule has 0 fully saturated rings. The minimum atomic E-state index is -0.917. The Bertz CT molecular complexity index is 784. The molecule has 0 atom stereocenters. The van der Waals surface area contributed by atoms with E-state index < -0.39 is 18.4 Å². The molecule has 0 aliphatic heterocycles. The highest BCUT2D eigenvalue weighted by Crippen LogP contribution is 2.18. The molecule has 0 aromatic heterocycles. The summed E-state index contributed by atoms with van der Waals surface area (Å²) in [5.41, 5.74) is 3.07. The van der Waals surface area contributed by atoms with Crippen molar-refractivity contribution in [1.82, 2.24) is 0 Å². The van der Waals surface area contributed by atoms with Gasteiger partial charge in [0.05, 0.1) is 5.56 Å². The number of aryl methyl sites for hydroxylation is 3. The quantitative estimate of drug-likeness (QED) is 0.613. The predicted octanol–water partition coefficient (Wildman–Crippen LogP) is 4.44. The summed E-state index contributed by atoms with van der Waals surface area (Å²) in [6, 6.07) is 7.25. The first-order valence-corrected chi connectivity index (χ1v) is 7.40. The third kappa shape index (κ3) is 3.96. The summed E-state index contributed by atoms with van der Waals surface area (Å²) in [5.74, 6) is -1.99. The average Bonchev–Trinajstić information content (AvgIpc) is 2.50. The Balaban J connectivity index is 2.11. The smallest absolute Gasteiger partial charge is 0.341 e. The summed E-state index contributed by atoms with van der Waals surface area (Å²) in [6.07, 6.45) is 0. The Labute approximate surface area is 139 Å².